The van der Waals surface area contributed by atoms with Crippen LogP contribution < -0.4 is 10.6 Å². The van der Waals surface area contributed by atoms with Gasteiger partial charge in [-0.2, -0.15) is 0 Å². The molecule has 2 atom stereocenters. The molecule has 0 radical (unpaired) electrons. The minimum absolute atomic E-state index is 0.0507. The van der Waals surface area contributed by atoms with E-state index in [1.807, 2.05) is 6.92 Å². The van der Waals surface area contributed by atoms with Crippen LogP contribution in [0.25, 0.3) is 0 Å². The lowest BCUT2D eigenvalue weighted by Gasteiger charge is -2.27. The van der Waals surface area contributed by atoms with Crippen molar-refractivity contribution in [3.63, 3.8) is 0 Å². The molecule has 0 fully saturated rings. The first-order valence-electron chi connectivity index (χ1n) is 12.9. The molecule has 0 saturated heterocycles. The number of carbonyl (C=O) groups excluding carboxylic acids is 1. The summed E-state index contributed by atoms with van der Waals surface area (Å²) in [5.41, 5.74) is -1.15. The molecular weight excluding hydrogens is 388 g/mol. The van der Waals surface area contributed by atoms with Crippen molar-refractivity contribution in [2.24, 2.45) is 0 Å². The Labute approximate surface area is 192 Å². The summed E-state index contributed by atoms with van der Waals surface area (Å²) in [6.07, 6.45) is 21.2. The highest BCUT2D eigenvalue weighted by Gasteiger charge is 2.24. The number of allylic oxidation sites excluding steroid dienone is 2. The zero-order valence-corrected chi connectivity index (χ0v) is 20.9. The number of unbranched alkanes of at least 4 members (excludes halogenated alkanes) is 11. The number of nitrogens with one attached hydrogen (secondary N) is 2. The van der Waals surface area contributed by atoms with E-state index in [2.05, 4.69) is 29.7 Å². The third-order valence-electron chi connectivity index (χ3n) is 5.78. The van der Waals surface area contributed by atoms with Crippen molar-refractivity contribution < 1.29 is 15.0 Å². The van der Waals surface area contributed by atoms with Crippen molar-refractivity contribution in [3.8, 4) is 0 Å². The number of hydrogen-bond donors (Lipinski definition) is 4. The monoisotopic (exact) mass is 440 g/mol. The number of carbonyl (C=O) groups is 1. The molecule has 0 bridgehead atoms. The smallest absolute Gasteiger partial charge is 0.221 e. The highest BCUT2D eigenvalue weighted by Crippen LogP contribution is 2.10. The normalized spacial score (nSPS) is 14.1. The first-order chi connectivity index (χ1) is 14.8. The van der Waals surface area contributed by atoms with E-state index in [0.717, 1.165) is 19.3 Å². The lowest BCUT2D eigenvalue weighted by molar-refractivity contribution is -0.122. The van der Waals surface area contributed by atoms with Crippen molar-refractivity contribution in [2.75, 3.05) is 6.54 Å². The number of amides is 1. The van der Waals surface area contributed by atoms with Gasteiger partial charge in [-0.15, -0.1) is 0 Å². The molecule has 0 aliphatic heterocycles. The number of aliphatic hydroxyl groups excluding tert-OH is 1. The summed E-state index contributed by atoms with van der Waals surface area (Å²) in [6.45, 7) is 7.64. The highest BCUT2D eigenvalue weighted by atomic mass is 16.3. The molecular formula is C26H52N2O3. The second kappa shape index (κ2) is 19.8. The van der Waals surface area contributed by atoms with Crippen LogP contribution in [0, 0.1) is 0 Å². The van der Waals surface area contributed by atoms with Gasteiger partial charge < -0.3 is 15.5 Å². The summed E-state index contributed by atoms with van der Waals surface area (Å²) in [6, 6.07) is 0. The van der Waals surface area contributed by atoms with Crippen LogP contribution in [0.2, 0.25) is 0 Å². The van der Waals surface area contributed by atoms with Crippen molar-refractivity contribution in [3.05, 3.63) is 12.2 Å². The van der Waals surface area contributed by atoms with Crippen molar-refractivity contribution in [2.45, 2.75) is 142 Å². The second-order valence-electron chi connectivity index (χ2n) is 9.44. The van der Waals surface area contributed by atoms with E-state index in [9.17, 15) is 15.0 Å². The first-order valence-corrected chi connectivity index (χ1v) is 12.9. The van der Waals surface area contributed by atoms with Crippen LogP contribution in [0.1, 0.15) is 124 Å². The second-order valence-corrected chi connectivity index (χ2v) is 9.44. The van der Waals surface area contributed by atoms with Gasteiger partial charge in [0.2, 0.25) is 5.91 Å². The zero-order valence-electron chi connectivity index (χ0n) is 20.9. The van der Waals surface area contributed by atoms with E-state index < -0.39 is 11.7 Å². The Balaban J connectivity index is 3.59. The van der Waals surface area contributed by atoms with Crippen LogP contribution in [-0.2, 0) is 4.79 Å². The van der Waals surface area contributed by atoms with Crippen LogP contribution in [0.15, 0.2) is 12.2 Å². The molecule has 0 spiro atoms. The van der Waals surface area contributed by atoms with Crippen LogP contribution in [0.3, 0.4) is 0 Å². The van der Waals surface area contributed by atoms with Gasteiger partial charge in [-0.3, -0.25) is 10.1 Å². The Morgan fingerprint density at radius 3 is 1.90 bits per heavy atom. The molecule has 0 aliphatic rings. The highest BCUT2D eigenvalue weighted by molar-refractivity contribution is 5.76. The molecule has 0 aliphatic carbocycles. The summed E-state index contributed by atoms with van der Waals surface area (Å²) in [4.78, 5) is 12.1. The standard InChI is InChI=1S/C26H52N2O3/c1-5-7-8-9-10-11-12-13-14-15-16-17-18-19-20-21-25(30)28-24(6-2)27-22-23(29)26(3,4)31/h13-14,23-24,27,29,31H,5-12,15-22H2,1-4H3,(H,28,30). The largest absolute Gasteiger partial charge is 0.389 e. The number of rotatable bonds is 21. The summed E-state index contributed by atoms with van der Waals surface area (Å²) in [5, 5.41) is 25.7. The Bertz CT molecular complexity index is 446. The molecule has 0 aromatic rings. The van der Waals surface area contributed by atoms with Gasteiger partial charge in [-0.1, -0.05) is 77.4 Å². The third kappa shape index (κ3) is 19.5. The van der Waals surface area contributed by atoms with E-state index in [1.54, 1.807) is 13.8 Å². The number of hydrogen-bond acceptors (Lipinski definition) is 4. The van der Waals surface area contributed by atoms with Gasteiger partial charge in [0.25, 0.3) is 0 Å². The van der Waals surface area contributed by atoms with Crippen molar-refractivity contribution in [1.82, 2.24) is 10.6 Å². The fourth-order valence-electron chi connectivity index (χ4n) is 3.42. The van der Waals surface area contributed by atoms with Crippen LogP contribution in [-0.4, -0.2) is 40.5 Å². The zero-order chi connectivity index (χ0) is 23.4. The van der Waals surface area contributed by atoms with E-state index >= 15 is 0 Å². The van der Waals surface area contributed by atoms with Crippen LogP contribution in [0.4, 0.5) is 0 Å². The summed E-state index contributed by atoms with van der Waals surface area (Å²) in [7, 11) is 0. The fourth-order valence-corrected chi connectivity index (χ4v) is 3.42. The first kappa shape index (κ1) is 30.1. The van der Waals surface area contributed by atoms with Gasteiger partial charge >= 0.3 is 0 Å². The van der Waals surface area contributed by atoms with Gasteiger partial charge in [0.15, 0.2) is 0 Å². The quantitative estimate of drug-likeness (QED) is 0.106. The fraction of sp³-hybridized carbons (Fsp3) is 0.885. The molecule has 1 amide bonds. The predicted octanol–water partition coefficient (Wildman–Crippen LogP) is 5.60. The van der Waals surface area contributed by atoms with Gasteiger partial charge in [-0.05, 0) is 52.4 Å². The van der Waals surface area contributed by atoms with Gasteiger partial charge in [0.1, 0.15) is 0 Å². The maximum atomic E-state index is 12.1. The molecule has 0 aromatic heterocycles. The van der Waals surface area contributed by atoms with Gasteiger partial charge in [0, 0.05) is 13.0 Å². The van der Waals surface area contributed by atoms with Crippen molar-refractivity contribution >= 4 is 5.91 Å². The molecule has 5 nitrogen and oxygen atoms in total. The van der Waals surface area contributed by atoms with Gasteiger partial charge in [-0.25, -0.2) is 0 Å². The molecule has 2 unspecified atom stereocenters. The average molecular weight is 441 g/mol. The molecule has 0 saturated carbocycles. The summed E-state index contributed by atoms with van der Waals surface area (Å²) >= 11 is 0. The Hall–Kier alpha value is -0.910. The maximum Gasteiger partial charge on any atom is 0.221 e. The minimum atomic E-state index is -1.15. The molecule has 0 aromatic carbocycles. The Morgan fingerprint density at radius 2 is 1.39 bits per heavy atom. The average Bonchev–Trinajstić information content (AvgIpc) is 2.72. The van der Waals surface area contributed by atoms with Crippen molar-refractivity contribution in [1.29, 1.82) is 0 Å². The van der Waals surface area contributed by atoms with Crippen LogP contribution in [0.5, 0.6) is 0 Å². The third-order valence-corrected chi connectivity index (χ3v) is 5.78. The predicted molar refractivity (Wildman–Crippen MR) is 132 cm³/mol. The Morgan fingerprint density at radius 1 is 0.871 bits per heavy atom. The molecule has 0 rings (SSSR count). The molecule has 0 heterocycles. The lowest BCUT2D eigenvalue weighted by atomic mass is 10.0. The summed E-state index contributed by atoms with van der Waals surface area (Å²) in [5.74, 6) is 0.0507. The van der Waals surface area contributed by atoms with E-state index in [4.69, 9.17) is 0 Å². The molecule has 31 heavy (non-hydrogen) atoms. The maximum absolute atomic E-state index is 12.1. The SMILES string of the molecule is CCCCCCCCC=CCCCCCCCC(=O)NC(CC)NCC(O)C(C)(C)O. The molecule has 5 heteroatoms. The lowest BCUT2D eigenvalue weighted by Crippen LogP contribution is -2.51. The minimum Gasteiger partial charge on any atom is -0.389 e. The van der Waals surface area contributed by atoms with Crippen LogP contribution >= 0.6 is 0 Å². The van der Waals surface area contributed by atoms with E-state index in [0.29, 0.717) is 6.42 Å². The van der Waals surface area contributed by atoms with E-state index in [1.165, 1.54) is 70.6 Å². The topological polar surface area (TPSA) is 81.6 Å². The molecule has 184 valence electrons. The summed E-state index contributed by atoms with van der Waals surface area (Å²) < 4.78 is 0. The number of aliphatic hydroxyl groups is 2. The Kier molecular flexibility index (Phi) is 19.2. The van der Waals surface area contributed by atoms with E-state index in [-0.39, 0.29) is 18.6 Å². The molecule has 4 N–H and O–H groups in total. The van der Waals surface area contributed by atoms with Gasteiger partial charge in [0.05, 0.1) is 17.9 Å².